The van der Waals surface area contributed by atoms with Crippen LogP contribution in [-0.4, -0.2) is 182 Å². The van der Waals surface area contributed by atoms with E-state index < -0.39 is 116 Å². The van der Waals surface area contributed by atoms with E-state index in [1.54, 1.807) is 13.0 Å². The first-order chi connectivity index (χ1) is 28.4. The van der Waals surface area contributed by atoms with Gasteiger partial charge in [-0.25, -0.2) is 4.79 Å². The number of esters is 1. The molecule has 0 amide bonds. The lowest BCUT2D eigenvalue weighted by Crippen LogP contribution is -2.73. The lowest BCUT2D eigenvalue weighted by atomic mass is 9.41. The lowest BCUT2D eigenvalue weighted by molar-refractivity contribution is -0.355. The van der Waals surface area contributed by atoms with Crippen LogP contribution in [0.5, 0.6) is 0 Å². The van der Waals surface area contributed by atoms with Crippen LogP contribution >= 0.6 is 0 Å². The van der Waals surface area contributed by atoms with E-state index in [0.29, 0.717) is 19.3 Å². The largest absolute Gasteiger partial charge is 0.458 e. The average Bonchev–Trinajstić information content (AvgIpc) is 3.77. The van der Waals surface area contributed by atoms with Gasteiger partial charge in [0, 0.05) is 25.0 Å². The second kappa shape index (κ2) is 16.8. The molecule has 8 rings (SSSR count). The Bertz CT molecular complexity index is 1580. The van der Waals surface area contributed by atoms with Gasteiger partial charge in [0.2, 0.25) is 0 Å². The van der Waals surface area contributed by atoms with Gasteiger partial charge in [0.25, 0.3) is 0 Å². The number of fused-ring (bicyclic) bond motifs is 5. The van der Waals surface area contributed by atoms with Gasteiger partial charge in [0.15, 0.2) is 18.9 Å². The molecule has 4 aliphatic heterocycles. The second-order valence-corrected chi connectivity index (χ2v) is 19.4. The molecular formula is C42H66O18. The van der Waals surface area contributed by atoms with Gasteiger partial charge in [-0.15, -0.1) is 0 Å². The molecule has 4 heterocycles. The molecule has 22 unspecified atom stereocenters. The molecule has 0 aromatic heterocycles. The minimum atomic E-state index is -1.72. The molecule has 9 N–H and O–H groups in total. The molecule has 4 saturated carbocycles. The molecule has 0 aromatic rings. The van der Waals surface area contributed by atoms with Crippen LogP contribution in [0.2, 0.25) is 0 Å². The zero-order valence-electron chi connectivity index (χ0n) is 34.9. The van der Waals surface area contributed by atoms with Crippen molar-refractivity contribution in [2.75, 3.05) is 26.9 Å². The number of aliphatic hydroxyl groups is 9. The van der Waals surface area contributed by atoms with Gasteiger partial charge in [-0.3, -0.25) is 0 Å². The summed E-state index contributed by atoms with van der Waals surface area (Å²) < 4.78 is 47.1. The highest BCUT2D eigenvalue weighted by Gasteiger charge is 2.74. The van der Waals surface area contributed by atoms with E-state index in [4.69, 9.17) is 37.9 Å². The van der Waals surface area contributed by atoms with Crippen molar-refractivity contribution in [1.29, 1.82) is 0 Å². The highest BCUT2D eigenvalue weighted by atomic mass is 16.8. The normalized spacial score (nSPS) is 54.4. The van der Waals surface area contributed by atoms with E-state index >= 15 is 0 Å². The molecule has 3 saturated heterocycles. The van der Waals surface area contributed by atoms with Crippen molar-refractivity contribution in [1.82, 2.24) is 0 Å². The van der Waals surface area contributed by atoms with Gasteiger partial charge in [-0.1, -0.05) is 13.8 Å². The van der Waals surface area contributed by atoms with Crippen molar-refractivity contribution < 1.29 is 88.6 Å². The van der Waals surface area contributed by atoms with Crippen molar-refractivity contribution in [2.24, 2.45) is 28.6 Å². The molecule has 18 nitrogen and oxygen atoms in total. The number of hydrogen-bond donors (Lipinski definition) is 9. The Kier molecular flexibility index (Phi) is 12.7. The maximum atomic E-state index is 12.7. The SMILES string of the molecule is COC1CC(OC2CCC3(C)C(CCC4(O)C3CCC3(C)C(C5=CC(=O)OC5)CCC34O)C2)OC(C)C1OC1OC(COC2OC(CO)C(O)C(O)C2O)C(O)C(O)C1O. The molecule has 60 heavy (non-hydrogen) atoms. The summed E-state index contributed by atoms with van der Waals surface area (Å²) in [5.41, 5.74) is -2.37. The van der Waals surface area contributed by atoms with Crippen molar-refractivity contribution in [3.63, 3.8) is 0 Å². The van der Waals surface area contributed by atoms with Gasteiger partial charge in [0.05, 0.1) is 42.7 Å². The van der Waals surface area contributed by atoms with Crippen LogP contribution in [-0.2, 0) is 42.7 Å². The molecule has 8 aliphatic rings. The Hall–Kier alpha value is -1.43. The highest BCUT2D eigenvalue weighted by molar-refractivity contribution is 5.85. The molecule has 18 heteroatoms. The third-order valence-corrected chi connectivity index (χ3v) is 16.5. The standard InChI is InChI=1S/C42H66O18/c1-19-36(60-38-35(50)33(48)31(46)26(59-38)18-55-37-34(49)32(47)30(45)25(16-43)58-37)24(53-4)15-29(56-19)57-22-6-9-39(2)21(14-22)5-11-41(51)27(39)8-10-40(3)23(7-12-42(40,41)52)20-13-28(44)54-17-20/h13,19,21-27,29-38,43,45-52H,5-12,14-18H2,1-4H3. The molecule has 22 atom stereocenters. The predicted molar refractivity (Wildman–Crippen MR) is 203 cm³/mol. The van der Waals surface area contributed by atoms with Crippen LogP contribution in [0.15, 0.2) is 11.6 Å². The number of carbonyl (C=O) groups is 1. The number of rotatable bonds is 10. The Labute approximate surface area is 349 Å². The minimum absolute atomic E-state index is 0.0168. The van der Waals surface area contributed by atoms with Crippen LogP contribution in [0.4, 0.5) is 0 Å². The first kappa shape index (κ1) is 45.1. The fourth-order valence-electron chi connectivity index (χ4n) is 13.0. The number of carbonyl (C=O) groups excluding carboxylic acids is 1. The van der Waals surface area contributed by atoms with Crippen molar-refractivity contribution in [3.05, 3.63) is 11.6 Å². The monoisotopic (exact) mass is 858 g/mol. The second-order valence-electron chi connectivity index (χ2n) is 19.4. The zero-order chi connectivity index (χ0) is 43.1. The number of hydrogen-bond acceptors (Lipinski definition) is 18. The van der Waals surface area contributed by atoms with Crippen molar-refractivity contribution >= 4 is 5.97 Å². The maximum absolute atomic E-state index is 12.7. The Morgan fingerprint density at radius 2 is 1.48 bits per heavy atom. The quantitative estimate of drug-likeness (QED) is 0.0932. The number of methoxy groups -OCH3 is 1. The van der Waals surface area contributed by atoms with Crippen LogP contribution < -0.4 is 0 Å². The van der Waals surface area contributed by atoms with Crippen LogP contribution in [0.3, 0.4) is 0 Å². The van der Waals surface area contributed by atoms with Gasteiger partial charge in [-0.2, -0.15) is 0 Å². The smallest absolute Gasteiger partial charge is 0.331 e. The summed E-state index contributed by atoms with van der Waals surface area (Å²) in [6, 6.07) is 0. The Morgan fingerprint density at radius 3 is 2.17 bits per heavy atom. The minimum Gasteiger partial charge on any atom is -0.458 e. The summed E-state index contributed by atoms with van der Waals surface area (Å²) >= 11 is 0. The fourth-order valence-corrected chi connectivity index (χ4v) is 13.0. The summed E-state index contributed by atoms with van der Waals surface area (Å²) in [5, 5.41) is 97.7. The predicted octanol–water partition coefficient (Wildman–Crippen LogP) is -1.10. The average molecular weight is 859 g/mol. The third kappa shape index (κ3) is 7.31. The Morgan fingerprint density at radius 1 is 0.783 bits per heavy atom. The summed E-state index contributed by atoms with van der Waals surface area (Å²) in [7, 11) is 1.52. The van der Waals surface area contributed by atoms with Crippen molar-refractivity contribution in [3.8, 4) is 0 Å². The number of cyclic esters (lactones) is 1. The molecule has 342 valence electrons. The van der Waals surface area contributed by atoms with Crippen LogP contribution in [0.1, 0.15) is 85.0 Å². The molecule has 0 bridgehead atoms. The fraction of sp³-hybridized carbons (Fsp3) is 0.929. The highest BCUT2D eigenvalue weighted by Crippen LogP contribution is 2.71. The molecule has 0 spiro atoms. The topological polar surface area (TPSA) is 273 Å². The van der Waals surface area contributed by atoms with Gasteiger partial charge < -0.3 is 83.9 Å². The molecule has 4 aliphatic carbocycles. The lowest BCUT2D eigenvalue weighted by Gasteiger charge is -2.67. The maximum Gasteiger partial charge on any atom is 0.331 e. The Balaban J connectivity index is 0.869. The van der Waals surface area contributed by atoms with E-state index in [2.05, 4.69) is 13.8 Å². The van der Waals surface area contributed by atoms with E-state index in [1.165, 1.54) is 7.11 Å². The summed E-state index contributed by atoms with van der Waals surface area (Å²) in [6.45, 7) is 5.24. The van der Waals surface area contributed by atoms with E-state index in [0.717, 1.165) is 44.1 Å². The molecule has 0 radical (unpaired) electrons. The van der Waals surface area contributed by atoms with Gasteiger partial charge in [0.1, 0.15) is 61.5 Å². The van der Waals surface area contributed by atoms with Gasteiger partial charge in [-0.05, 0) is 93.5 Å². The number of ether oxygens (including phenoxy) is 8. The van der Waals surface area contributed by atoms with Crippen molar-refractivity contribution in [2.45, 2.75) is 188 Å². The van der Waals surface area contributed by atoms with Crippen LogP contribution in [0.25, 0.3) is 0 Å². The summed E-state index contributed by atoms with van der Waals surface area (Å²) in [6.07, 6.45) is -10.1. The first-order valence-corrected chi connectivity index (χ1v) is 21.8. The molecule has 0 aromatic carbocycles. The molecular weight excluding hydrogens is 792 g/mol. The first-order valence-electron chi connectivity index (χ1n) is 21.8. The van der Waals surface area contributed by atoms with E-state index in [-0.39, 0.29) is 48.3 Å². The van der Waals surface area contributed by atoms with Gasteiger partial charge >= 0.3 is 5.97 Å². The summed E-state index contributed by atoms with van der Waals surface area (Å²) in [4.78, 5) is 12.0. The zero-order valence-corrected chi connectivity index (χ0v) is 34.9. The third-order valence-electron chi connectivity index (χ3n) is 16.5. The number of aliphatic hydroxyl groups excluding tert-OH is 7. The van der Waals surface area contributed by atoms with E-state index in [1.807, 2.05) is 0 Å². The van der Waals surface area contributed by atoms with E-state index in [9.17, 15) is 50.8 Å². The summed E-state index contributed by atoms with van der Waals surface area (Å²) in [5.74, 6) is -0.184. The molecule has 7 fully saturated rings. The van der Waals surface area contributed by atoms with Crippen LogP contribution in [0, 0.1) is 28.6 Å².